The van der Waals surface area contributed by atoms with E-state index in [0.29, 0.717) is 16.5 Å². The summed E-state index contributed by atoms with van der Waals surface area (Å²) < 4.78 is 10.9. The van der Waals surface area contributed by atoms with Gasteiger partial charge in [0.2, 0.25) is 0 Å². The van der Waals surface area contributed by atoms with Crippen molar-refractivity contribution in [3.05, 3.63) is 88.4 Å². The van der Waals surface area contributed by atoms with Gasteiger partial charge in [0.05, 0.1) is 14.2 Å². The van der Waals surface area contributed by atoms with Crippen LogP contribution in [0.25, 0.3) is 0 Å². The number of thioether (sulfide) groups is 1. The summed E-state index contributed by atoms with van der Waals surface area (Å²) in [5.41, 5.74) is 3.03. The summed E-state index contributed by atoms with van der Waals surface area (Å²) in [5.74, 6) is 1.42. The fourth-order valence-corrected chi connectivity index (χ4v) is 5.40. The number of ketones is 1. The van der Waals surface area contributed by atoms with Gasteiger partial charge >= 0.3 is 0 Å². The zero-order valence-corrected chi connectivity index (χ0v) is 18.5. The zero-order valence-electron chi connectivity index (χ0n) is 16.9. The summed E-state index contributed by atoms with van der Waals surface area (Å²) in [6, 6.07) is 21.6. The van der Waals surface area contributed by atoms with Crippen LogP contribution in [0.15, 0.2) is 71.6 Å². The number of halogens is 1. The number of rotatable bonds is 6. The fraction of sp³-hybridized carbons (Fsp3) is 0.240. The lowest BCUT2D eigenvalue weighted by Crippen LogP contribution is -2.27. The first-order chi connectivity index (χ1) is 14.6. The normalized spacial score (nSPS) is 16.6. The molecule has 154 valence electrons. The maximum absolute atomic E-state index is 13.5. The molecular formula is C25H23ClO3S. The molecule has 0 spiro atoms. The lowest BCUT2D eigenvalue weighted by atomic mass is 9.79. The van der Waals surface area contributed by atoms with E-state index in [4.69, 9.17) is 21.1 Å². The zero-order chi connectivity index (χ0) is 21.1. The highest BCUT2D eigenvalue weighted by molar-refractivity contribution is 7.99. The number of benzene rings is 3. The second-order valence-electron chi connectivity index (χ2n) is 7.27. The minimum Gasteiger partial charge on any atom is -0.493 e. The Morgan fingerprint density at radius 2 is 1.70 bits per heavy atom. The van der Waals surface area contributed by atoms with Gasteiger partial charge in [-0.15, -0.1) is 11.8 Å². The van der Waals surface area contributed by atoms with E-state index in [1.807, 2.05) is 60.7 Å². The van der Waals surface area contributed by atoms with E-state index in [1.54, 1.807) is 26.0 Å². The Kier molecular flexibility index (Phi) is 6.35. The van der Waals surface area contributed by atoms with Crippen LogP contribution in [0.1, 0.15) is 33.2 Å². The third-order valence-electron chi connectivity index (χ3n) is 5.52. The molecule has 0 amide bonds. The SMILES string of the molecule is COc1ccc([C@@H](Sc2ccc(Cl)cc2)[C@H]2CCc3ccccc3C2=O)cc1OC. The molecule has 5 heteroatoms. The van der Waals surface area contributed by atoms with Gasteiger partial charge in [0.25, 0.3) is 0 Å². The number of carbonyl (C=O) groups is 1. The maximum Gasteiger partial charge on any atom is 0.167 e. The Labute approximate surface area is 186 Å². The van der Waals surface area contributed by atoms with Crippen LogP contribution in [-0.2, 0) is 6.42 Å². The Hall–Kier alpha value is -2.43. The average Bonchev–Trinajstić information content (AvgIpc) is 2.79. The van der Waals surface area contributed by atoms with Crippen molar-refractivity contribution in [2.45, 2.75) is 23.0 Å². The van der Waals surface area contributed by atoms with Crippen molar-refractivity contribution in [2.24, 2.45) is 5.92 Å². The first-order valence-corrected chi connectivity index (χ1v) is 11.1. The number of aryl methyl sites for hydroxylation is 1. The van der Waals surface area contributed by atoms with Gasteiger partial charge in [-0.1, -0.05) is 41.9 Å². The Morgan fingerprint density at radius 1 is 0.967 bits per heavy atom. The highest BCUT2D eigenvalue weighted by Gasteiger charge is 2.35. The first kappa shape index (κ1) is 20.8. The van der Waals surface area contributed by atoms with Crippen LogP contribution in [0.3, 0.4) is 0 Å². The number of hydrogen-bond donors (Lipinski definition) is 0. The molecule has 0 saturated carbocycles. The molecule has 0 aromatic heterocycles. The summed E-state index contributed by atoms with van der Waals surface area (Å²) in [6.07, 6.45) is 1.72. The second kappa shape index (κ2) is 9.15. The summed E-state index contributed by atoms with van der Waals surface area (Å²) in [4.78, 5) is 14.5. The second-order valence-corrected chi connectivity index (χ2v) is 8.92. The minimum atomic E-state index is -0.126. The number of carbonyl (C=O) groups excluding carboxylic acids is 1. The molecule has 1 aliphatic carbocycles. The highest BCUT2D eigenvalue weighted by atomic mass is 35.5. The van der Waals surface area contributed by atoms with Gasteiger partial charge in [-0.25, -0.2) is 0 Å². The van der Waals surface area contributed by atoms with Crippen molar-refractivity contribution in [3.8, 4) is 11.5 Å². The van der Waals surface area contributed by atoms with Crippen molar-refractivity contribution < 1.29 is 14.3 Å². The van der Waals surface area contributed by atoms with Crippen molar-refractivity contribution in [1.29, 1.82) is 0 Å². The predicted octanol–water partition coefficient (Wildman–Crippen LogP) is 6.64. The lowest BCUT2D eigenvalue weighted by molar-refractivity contribution is 0.0899. The standard InChI is InChI=1S/C25H23ClO3S/c1-28-22-14-8-17(15-23(22)29-2)25(30-19-11-9-18(26)10-12-19)21-13-7-16-5-3-4-6-20(16)24(21)27/h3-6,8-12,14-15,21,25H,7,13H2,1-2H3/t21-,25+/m0/s1. The van der Waals surface area contributed by atoms with Crippen molar-refractivity contribution >= 4 is 29.1 Å². The van der Waals surface area contributed by atoms with Gasteiger partial charge in [-0.2, -0.15) is 0 Å². The molecule has 0 heterocycles. The van der Waals surface area contributed by atoms with E-state index < -0.39 is 0 Å². The molecule has 3 aromatic carbocycles. The number of hydrogen-bond acceptors (Lipinski definition) is 4. The maximum atomic E-state index is 13.5. The molecule has 0 fully saturated rings. The predicted molar refractivity (Wildman–Crippen MR) is 122 cm³/mol. The van der Waals surface area contributed by atoms with Gasteiger partial charge in [0, 0.05) is 26.6 Å². The van der Waals surface area contributed by atoms with E-state index >= 15 is 0 Å². The van der Waals surface area contributed by atoms with Crippen LogP contribution in [0.2, 0.25) is 5.02 Å². The largest absolute Gasteiger partial charge is 0.493 e. The van der Waals surface area contributed by atoms with Crippen LogP contribution < -0.4 is 9.47 Å². The molecule has 30 heavy (non-hydrogen) atoms. The van der Waals surface area contributed by atoms with Gasteiger partial charge in [-0.05, 0) is 60.4 Å². The van der Waals surface area contributed by atoms with E-state index in [0.717, 1.165) is 34.4 Å². The van der Waals surface area contributed by atoms with E-state index in [2.05, 4.69) is 6.07 Å². The highest BCUT2D eigenvalue weighted by Crippen LogP contribution is 2.47. The number of methoxy groups -OCH3 is 2. The van der Waals surface area contributed by atoms with Crippen molar-refractivity contribution in [3.63, 3.8) is 0 Å². The molecule has 0 saturated heterocycles. The molecule has 1 aliphatic rings. The molecule has 2 atom stereocenters. The van der Waals surface area contributed by atoms with Gasteiger partial charge in [-0.3, -0.25) is 4.79 Å². The third-order valence-corrected chi connectivity index (χ3v) is 7.17. The molecule has 0 bridgehead atoms. The Balaban J connectivity index is 1.74. The summed E-state index contributed by atoms with van der Waals surface area (Å²) >= 11 is 7.76. The smallest absolute Gasteiger partial charge is 0.167 e. The van der Waals surface area contributed by atoms with E-state index in [9.17, 15) is 4.79 Å². The molecule has 4 rings (SSSR count). The fourth-order valence-electron chi connectivity index (χ4n) is 3.98. The summed E-state index contributed by atoms with van der Waals surface area (Å²) in [5, 5.41) is 0.650. The quantitative estimate of drug-likeness (QED) is 0.404. The molecule has 0 unspecified atom stereocenters. The molecular weight excluding hydrogens is 416 g/mol. The molecule has 0 aliphatic heterocycles. The third kappa shape index (κ3) is 4.21. The van der Waals surface area contributed by atoms with Crippen LogP contribution in [-0.4, -0.2) is 20.0 Å². The van der Waals surface area contributed by atoms with Gasteiger partial charge < -0.3 is 9.47 Å². The average molecular weight is 439 g/mol. The topological polar surface area (TPSA) is 35.5 Å². The lowest BCUT2D eigenvalue weighted by Gasteiger charge is -2.30. The summed E-state index contributed by atoms with van der Waals surface area (Å²) in [7, 11) is 3.25. The monoisotopic (exact) mass is 438 g/mol. The van der Waals surface area contributed by atoms with Crippen LogP contribution in [0, 0.1) is 5.92 Å². The molecule has 3 nitrogen and oxygen atoms in total. The first-order valence-electron chi connectivity index (χ1n) is 9.87. The van der Waals surface area contributed by atoms with Crippen molar-refractivity contribution in [1.82, 2.24) is 0 Å². The van der Waals surface area contributed by atoms with Crippen LogP contribution in [0.4, 0.5) is 0 Å². The van der Waals surface area contributed by atoms with Crippen LogP contribution in [0.5, 0.6) is 11.5 Å². The number of fused-ring (bicyclic) bond motifs is 1. The molecule has 0 N–H and O–H groups in total. The van der Waals surface area contributed by atoms with Gasteiger partial charge in [0.15, 0.2) is 17.3 Å². The van der Waals surface area contributed by atoms with E-state index in [1.165, 1.54) is 0 Å². The molecule has 3 aromatic rings. The number of ether oxygens (including phenoxy) is 2. The Morgan fingerprint density at radius 3 is 2.43 bits per heavy atom. The van der Waals surface area contributed by atoms with Crippen LogP contribution >= 0.6 is 23.4 Å². The van der Waals surface area contributed by atoms with E-state index in [-0.39, 0.29) is 17.0 Å². The minimum absolute atomic E-state index is 0.0492. The molecule has 0 radical (unpaired) electrons. The van der Waals surface area contributed by atoms with Gasteiger partial charge in [0.1, 0.15) is 0 Å². The van der Waals surface area contributed by atoms with Crippen molar-refractivity contribution in [2.75, 3.05) is 14.2 Å². The Bertz CT molecular complexity index is 1050. The number of Topliss-reactive ketones (excluding diaryl/α,β-unsaturated/α-hetero) is 1. The summed E-state index contributed by atoms with van der Waals surface area (Å²) in [6.45, 7) is 0.